The summed E-state index contributed by atoms with van der Waals surface area (Å²) in [6.45, 7) is 0. The Morgan fingerprint density at radius 3 is 1.42 bits per heavy atom. The number of rotatable bonds is 2. The molecule has 0 fully saturated rings. The van der Waals surface area contributed by atoms with Gasteiger partial charge in [-0.05, 0) is 84.0 Å². The molecule has 0 radical (unpaired) electrons. The molecule has 2 spiro atoms. The summed E-state index contributed by atoms with van der Waals surface area (Å²) in [5, 5.41) is 0. The van der Waals surface area contributed by atoms with E-state index < -0.39 is 10.8 Å². The normalized spacial score (nSPS) is 16.0. The number of fused-ring (bicyclic) bond motifs is 17. The molecule has 3 aliphatic carbocycles. The predicted molar refractivity (Wildman–Crippen MR) is 196 cm³/mol. The minimum atomic E-state index is -0.451. The van der Waals surface area contributed by atoms with Crippen molar-refractivity contribution in [3.63, 3.8) is 0 Å². The Balaban J connectivity index is 1.23. The van der Waals surface area contributed by atoms with Crippen molar-refractivity contribution in [3.05, 3.63) is 219 Å². The summed E-state index contributed by atoms with van der Waals surface area (Å²) in [6.07, 6.45) is 1.76. The Morgan fingerprint density at radius 1 is 0.396 bits per heavy atom. The summed E-state index contributed by atoms with van der Waals surface area (Å²) >= 11 is 0. The van der Waals surface area contributed by atoms with E-state index in [2.05, 4.69) is 164 Å². The number of hydrogen-bond donors (Lipinski definition) is 0. The Morgan fingerprint density at radius 2 is 0.833 bits per heavy atom. The number of para-hydroxylation sites is 1. The smallest absolute Gasteiger partial charge is 0.0720 e. The molecule has 0 bridgehead atoms. The minimum Gasteiger partial charge on any atom is -0.257 e. The first-order valence-electron chi connectivity index (χ1n) is 17.1. The lowest BCUT2D eigenvalue weighted by atomic mass is 9.52. The van der Waals surface area contributed by atoms with Crippen LogP contribution in [0.5, 0.6) is 0 Å². The molecule has 0 atom stereocenters. The zero-order valence-corrected chi connectivity index (χ0v) is 26.4. The van der Waals surface area contributed by atoms with Crippen LogP contribution >= 0.6 is 0 Å². The molecule has 0 N–H and O–H groups in total. The molecule has 0 amide bonds. The van der Waals surface area contributed by atoms with Crippen LogP contribution in [-0.2, 0) is 23.7 Å². The van der Waals surface area contributed by atoms with Crippen molar-refractivity contribution >= 4 is 11.4 Å². The van der Waals surface area contributed by atoms with E-state index >= 15 is 0 Å². The molecule has 0 saturated carbocycles. The van der Waals surface area contributed by atoms with Gasteiger partial charge in [-0.1, -0.05) is 158 Å². The Kier molecular flexibility index (Phi) is 5.15. The molecule has 1 aliphatic heterocycles. The Bertz CT molecular complexity index is 2440. The van der Waals surface area contributed by atoms with Gasteiger partial charge < -0.3 is 0 Å². The summed E-state index contributed by atoms with van der Waals surface area (Å²) in [5.74, 6) is 0. The third kappa shape index (κ3) is 3.06. The molecule has 224 valence electrons. The first kappa shape index (κ1) is 26.3. The van der Waals surface area contributed by atoms with E-state index in [9.17, 15) is 0 Å². The lowest BCUT2D eigenvalue weighted by Gasteiger charge is -2.48. The van der Waals surface area contributed by atoms with E-state index in [4.69, 9.17) is 4.99 Å². The third-order valence-corrected chi connectivity index (χ3v) is 11.6. The van der Waals surface area contributed by atoms with Crippen LogP contribution in [-0.4, -0.2) is 5.71 Å². The van der Waals surface area contributed by atoms with Crippen LogP contribution in [0.15, 0.2) is 169 Å². The lowest BCUT2D eigenvalue weighted by molar-refractivity contribution is 0.632. The molecule has 1 nitrogen and oxygen atoms in total. The highest BCUT2D eigenvalue weighted by Crippen LogP contribution is 2.67. The van der Waals surface area contributed by atoms with Crippen molar-refractivity contribution < 1.29 is 0 Å². The van der Waals surface area contributed by atoms with Crippen molar-refractivity contribution in [1.82, 2.24) is 0 Å². The van der Waals surface area contributed by atoms with Gasteiger partial charge in [0.05, 0.1) is 16.5 Å². The van der Waals surface area contributed by atoms with Gasteiger partial charge in [-0.15, -0.1) is 0 Å². The van der Waals surface area contributed by atoms with Crippen molar-refractivity contribution in [2.75, 3.05) is 0 Å². The van der Waals surface area contributed by atoms with Gasteiger partial charge in [0.2, 0.25) is 0 Å². The van der Waals surface area contributed by atoms with Crippen molar-refractivity contribution in [1.29, 1.82) is 0 Å². The van der Waals surface area contributed by atoms with Crippen LogP contribution in [0.3, 0.4) is 0 Å². The highest BCUT2D eigenvalue weighted by atomic mass is 14.8. The largest absolute Gasteiger partial charge is 0.257 e. The van der Waals surface area contributed by atoms with Crippen LogP contribution in [0.1, 0.15) is 55.6 Å². The summed E-state index contributed by atoms with van der Waals surface area (Å²) in [4.78, 5) is 5.11. The molecule has 11 rings (SSSR count). The van der Waals surface area contributed by atoms with Crippen molar-refractivity contribution in [2.24, 2.45) is 4.99 Å². The third-order valence-electron chi connectivity index (χ3n) is 11.6. The monoisotopic (exact) mass is 609 g/mol. The second-order valence-corrected chi connectivity index (χ2v) is 13.7. The van der Waals surface area contributed by atoms with Crippen LogP contribution < -0.4 is 0 Å². The molecule has 0 unspecified atom stereocenters. The fraction of sp³-hybridized carbons (Fsp3) is 0.0851. The van der Waals surface area contributed by atoms with E-state index in [0.29, 0.717) is 0 Å². The van der Waals surface area contributed by atoms with Gasteiger partial charge in [0, 0.05) is 18.6 Å². The van der Waals surface area contributed by atoms with Gasteiger partial charge in [0.15, 0.2) is 0 Å². The topological polar surface area (TPSA) is 12.4 Å². The van der Waals surface area contributed by atoms with Crippen LogP contribution in [0, 0.1) is 0 Å². The van der Waals surface area contributed by atoms with Crippen LogP contribution in [0.25, 0.3) is 22.3 Å². The first-order valence-corrected chi connectivity index (χ1v) is 17.1. The van der Waals surface area contributed by atoms with Gasteiger partial charge in [-0.25, -0.2) is 0 Å². The fourth-order valence-electron chi connectivity index (χ4n) is 10.0. The number of benzene rings is 7. The summed E-state index contributed by atoms with van der Waals surface area (Å²) in [5.41, 5.74) is 20.6. The molecule has 4 aliphatic rings. The number of aliphatic imine (C=N–C) groups is 1. The average Bonchev–Trinajstić information content (AvgIpc) is 3.79. The summed E-state index contributed by atoms with van der Waals surface area (Å²) < 4.78 is 0. The SMILES string of the molecule is c1ccc2c(c1)CC(Cc1cccc3c1-c1ccccc1C31c3ccccc3C3(c4ccccc4-c4ccccc43)c3ccccc31)=N2. The van der Waals surface area contributed by atoms with Gasteiger partial charge in [0.25, 0.3) is 0 Å². The Hall–Kier alpha value is -5.79. The summed E-state index contributed by atoms with van der Waals surface area (Å²) in [6, 6.07) is 61.7. The van der Waals surface area contributed by atoms with E-state index in [-0.39, 0.29) is 0 Å². The second-order valence-electron chi connectivity index (χ2n) is 13.7. The number of nitrogens with zero attached hydrogens (tertiary/aromatic N) is 1. The molecule has 7 aromatic carbocycles. The van der Waals surface area contributed by atoms with E-state index in [1.54, 1.807) is 0 Å². The van der Waals surface area contributed by atoms with E-state index in [1.807, 2.05) is 0 Å². The molecule has 1 heterocycles. The maximum atomic E-state index is 5.11. The average molecular weight is 610 g/mol. The second kappa shape index (κ2) is 9.40. The highest BCUT2D eigenvalue weighted by molar-refractivity contribution is 5.99. The van der Waals surface area contributed by atoms with Crippen molar-refractivity contribution in [2.45, 2.75) is 23.7 Å². The molecule has 48 heavy (non-hydrogen) atoms. The van der Waals surface area contributed by atoms with Crippen LogP contribution in [0.4, 0.5) is 5.69 Å². The van der Waals surface area contributed by atoms with Crippen molar-refractivity contribution in [3.8, 4) is 22.3 Å². The maximum absolute atomic E-state index is 5.11. The zero-order chi connectivity index (χ0) is 31.5. The number of hydrogen-bond acceptors (Lipinski definition) is 1. The minimum absolute atomic E-state index is 0.411. The van der Waals surface area contributed by atoms with Gasteiger partial charge in [0.1, 0.15) is 0 Å². The lowest BCUT2D eigenvalue weighted by Crippen LogP contribution is -2.43. The molecule has 1 heteroatoms. The van der Waals surface area contributed by atoms with Gasteiger partial charge in [-0.2, -0.15) is 0 Å². The van der Waals surface area contributed by atoms with Gasteiger partial charge in [-0.3, -0.25) is 4.99 Å². The molecule has 0 saturated heterocycles. The molecular formula is C47H31N. The molecule has 7 aromatic rings. The maximum Gasteiger partial charge on any atom is 0.0720 e. The summed E-state index contributed by atoms with van der Waals surface area (Å²) in [7, 11) is 0. The fourth-order valence-corrected chi connectivity index (χ4v) is 10.0. The highest BCUT2D eigenvalue weighted by Gasteiger charge is 2.58. The van der Waals surface area contributed by atoms with Crippen LogP contribution in [0.2, 0.25) is 0 Å². The van der Waals surface area contributed by atoms with E-state index in [0.717, 1.165) is 18.5 Å². The standard InChI is InChI=1S/C47H31N/c1-12-27-44-30(14-1)28-32(48-44)29-31-15-13-26-43-45(31)35-18-4-7-21-38(35)47(43)41-24-10-8-22-39(41)46(40-23-9-11-25-42(40)47)36-19-5-2-16-33(36)34-17-3-6-20-37(34)46/h1-27H,28-29H2. The molecule has 0 aromatic heterocycles. The Labute approximate surface area is 280 Å². The van der Waals surface area contributed by atoms with Gasteiger partial charge >= 0.3 is 0 Å². The first-order chi connectivity index (χ1) is 23.8. The molecular weight excluding hydrogens is 579 g/mol. The zero-order valence-electron chi connectivity index (χ0n) is 26.4. The predicted octanol–water partition coefficient (Wildman–Crippen LogP) is 10.6. The quantitative estimate of drug-likeness (QED) is 0.185. The van der Waals surface area contributed by atoms with E-state index in [1.165, 1.54) is 83.6 Å².